The number of aliphatic hydroxyl groups is 2. The first kappa shape index (κ1) is 68.7. The molecule has 6 N–H and O–H groups in total. The van der Waals surface area contributed by atoms with Crippen molar-refractivity contribution in [2.24, 2.45) is 11.3 Å². The number of β-amino-alcohol motifs (C(OH)–C–C–N with tert-alkyl or cyclic N) is 1. The molecule has 5 atom stereocenters. The van der Waals surface area contributed by atoms with Gasteiger partial charge in [-0.05, 0) is 197 Å². The predicted octanol–water partition coefficient (Wildman–Crippen LogP) is 10.3. The normalized spacial score (nSPS) is 22.2. The van der Waals surface area contributed by atoms with Crippen LogP contribution in [0.2, 0.25) is 0 Å². The third kappa shape index (κ3) is 14.2. The molecule has 5 aliphatic heterocycles. The molecule has 1 spiro atoms. The Labute approximate surface area is 568 Å². The first-order valence-corrected chi connectivity index (χ1v) is 35.9. The van der Waals surface area contributed by atoms with Crippen molar-refractivity contribution in [3.05, 3.63) is 106 Å². The summed E-state index contributed by atoms with van der Waals surface area (Å²) in [6.07, 6.45) is 10.1. The summed E-state index contributed by atoms with van der Waals surface area (Å²) < 4.78 is 18.0. The van der Waals surface area contributed by atoms with E-state index in [-0.39, 0.29) is 73.0 Å². The molecule has 5 fully saturated rings. The summed E-state index contributed by atoms with van der Waals surface area (Å²) >= 11 is 1.58. The van der Waals surface area contributed by atoms with Crippen molar-refractivity contribution in [1.82, 2.24) is 55.1 Å². The van der Waals surface area contributed by atoms with Crippen molar-refractivity contribution in [2.45, 2.75) is 206 Å². The minimum absolute atomic E-state index is 0.00950. The van der Waals surface area contributed by atoms with Gasteiger partial charge in [0.05, 0.1) is 63.4 Å². The summed E-state index contributed by atoms with van der Waals surface area (Å²) in [7, 11) is 0. The number of halogens is 1. The number of rotatable bonds is 20. The molecular weight excluding hydrogens is 1230 g/mol. The maximum absolute atomic E-state index is 16.0. The lowest BCUT2D eigenvalue weighted by molar-refractivity contribution is -0.144. The fourth-order valence-electron chi connectivity index (χ4n) is 15.7. The van der Waals surface area contributed by atoms with Crippen LogP contribution in [-0.4, -0.2) is 174 Å². The van der Waals surface area contributed by atoms with Gasteiger partial charge in [-0.1, -0.05) is 63.6 Å². The van der Waals surface area contributed by atoms with Gasteiger partial charge in [-0.25, -0.2) is 19.3 Å². The number of likely N-dealkylation sites (tertiary alicyclic amines) is 4. The number of thiazole rings is 1. The van der Waals surface area contributed by atoms with E-state index in [1.807, 2.05) is 94.9 Å². The molecular formula is C74H98FN13O7S. The Bertz CT molecular complexity index is 3840. The van der Waals surface area contributed by atoms with Crippen LogP contribution in [0.25, 0.3) is 32.7 Å². The number of pyridine rings is 1. The summed E-state index contributed by atoms with van der Waals surface area (Å²) in [5.74, 6) is -0.960. The second-order valence-corrected chi connectivity index (χ2v) is 30.8. The molecule has 0 bridgehead atoms. The summed E-state index contributed by atoms with van der Waals surface area (Å²) in [5, 5.41) is 35.1. The molecule has 22 heteroatoms. The highest BCUT2D eigenvalue weighted by molar-refractivity contribution is 7.13. The Kier molecular flexibility index (Phi) is 20.3. The molecule has 20 nitrogen and oxygen atoms in total. The fraction of sp³-hybridized carbons (Fsp3) is 0.568. The van der Waals surface area contributed by atoms with Gasteiger partial charge in [0.25, 0.3) is 5.91 Å². The van der Waals surface area contributed by atoms with Crippen molar-refractivity contribution in [3.8, 4) is 21.7 Å². The lowest BCUT2D eigenvalue weighted by Crippen LogP contribution is -2.59. The van der Waals surface area contributed by atoms with E-state index in [9.17, 15) is 29.4 Å². The number of piperidine rings is 3. The van der Waals surface area contributed by atoms with Crippen LogP contribution >= 0.6 is 11.3 Å². The Morgan fingerprint density at radius 1 is 0.823 bits per heavy atom. The van der Waals surface area contributed by atoms with E-state index < -0.39 is 47.0 Å². The predicted molar refractivity (Wildman–Crippen MR) is 373 cm³/mol. The SMILES string of the molecule is Cc1cc(F)c(Nc2nc(-c3ccc4c(c3)N(C3CC(N5CCCCC5)C3)C(=O)C43CCN(C(O)CCC4CCN(CC(=O)N[C@H](C(=O)N5C[C@H](O)C[C@H]5C(=O)N[C@@H](C)c5ccc(-c6scnc6C)cc5)C(C)(C)C)CC4)CC3)cc3ncn(C(C)C)c23)cc1C(=O)NC(C)C. The van der Waals surface area contributed by atoms with Gasteiger partial charge in [-0.3, -0.25) is 33.8 Å². The zero-order chi connectivity index (χ0) is 68.1. The lowest BCUT2D eigenvalue weighted by Gasteiger charge is -2.48. The van der Waals surface area contributed by atoms with Gasteiger partial charge in [-0.2, -0.15) is 0 Å². The van der Waals surface area contributed by atoms with Crippen LogP contribution in [0.15, 0.2) is 72.5 Å². The number of carbonyl (C=O) groups is 5. The minimum atomic E-state index is -0.936. The number of anilines is 3. The molecule has 0 radical (unpaired) electrons. The van der Waals surface area contributed by atoms with E-state index >= 15 is 9.18 Å². The lowest BCUT2D eigenvalue weighted by atomic mass is 9.73. The number of aromatic nitrogens is 4. The third-order valence-electron chi connectivity index (χ3n) is 21.4. The Hall–Kier alpha value is -7.21. The molecule has 514 valence electrons. The highest BCUT2D eigenvalue weighted by Gasteiger charge is 2.56. The number of nitrogens with one attached hydrogen (secondary N) is 4. The largest absolute Gasteiger partial charge is 0.391 e. The van der Waals surface area contributed by atoms with Gasteiger partial charge in [0.15, 0.2) is 5.82 Å². The first-order valence-electron chi connectivity index (χ1n) is 35.1. The van der Waals surface area contributed by atoms with Gasteiger partial charge in [0.2, 0.25) is 23.6 Å². The minimum Gasteiger partial charge on any atom is -0.391 e. The van der Waals surface area contributed by atoms with Gasteiger partial charge >= 0.3 is 0 Å². The Morgan fingerprint density at radius 2 is 1.53 bits per heavy atom. The van der Waals surface area contributed by atoms with Crippen molar-refractivity contribution in [2.75, 3.05) is 62.6 Å². The van der Waals surface area contributed by atoms with E-state index in [2.05, 4.69) is 71.8 Å². The number of carbonyl (C=O) groups excluding carboxylic acids is 5. The molecule has 3 aromatic heterocycles. The smallest absolute Gasteiger partial charge is 0.251 e. The number of hydrogen-bond acceptors (Lipinski definition) is 15. The molecule has 6 aromatic rings. The topological polar surface area (TPSA) is 234 Å². The zero-order valence-corrected chi connectivity index (χ0v) is 58.4. The number of aliphatic hydroxyl groups excluding tert-OH is 2. The maximum Gasteiger partial charge on any atom is 0.251 e. The first-order chi connectivity index (χ1) is 45.8. The molecule has 96 heavy (non-hydrogen) atoms. The second-order valence-electron chi connectivity index (χ2n) is 29.9. The average molecular weight is 1330 g/mol. The van der Waals surface area contributed by atoms with Crippen LogP contribution in [0.5, 0.6) is 0 Å². The molecule has 1 aliphatic carbocycles. The second kappa shape index (κ2) is 28.3. The van der Waals surface area contributed by atoms with Gasteiger partial charge in [0.1, 0.15) is 29.6 Å². The van der Waals surface area contributed by atoms with Crippen LogP contribution in [0.1, 0.15) is 177 Å². The monoisotopic (exact) mass is 1330 g/mol. The number of hydrogen-bond donors (Lipinski definition) is 6. The summed E-state index contributed by atoms with van der Waals surface area (Å²) in [5.41, 5.74) is 8.97. The molecule has 8 heterocycles. The zero-order valence-electron chi connectivity index (χ0n) is 57.6. The number of fused-ring (bicyclic) bond motifs is 3. The third-order valence-corrected chi connectivity index (χ3v) is 22.4. The Morgan fingerprint density at radius 3 is 2.20 bits per heavy atom. The number of aryl methyl sites for hydroxylation is 2. The fourth-order valence-corrected chi connectivity index (χ4v) is 16.6. The highest BCUT2D eigenvalue weighted by Crippen LogP contribution is 2.53. The van der Waals surface area contributed by atoms with E-state index in [0.717, 1.165) is 83.7 Å². The van der Waals surface area contributed by atoms with Crippen LogP contribution < -0.4 is 26.2 Å². The van der Waals surface area contributed by atoms with Crippen LogP contribution in [0.3, 0.4) is 0 Å². The maximum atomic E-state index is 16.0. The molecule has 5 amide bonds. The quantitative estimate of drug-likeness (QED) is 0.0418. The van der Waals surface area contributed by atoms with E-state index in [4.69, 9.17) is 9.97 Å². The molecule has 1 unspecified atom stereocenters. The summed E-state index contributed by atoms with van der Waals surface area (Å²) in [4.78, 5) is 97.0. The number of imidazole rings is 1. The number of nitrogens with zero attached hydrogens (tertiary/aromatic N) is 9. The number of amides is 5. The van der Waals surface area contributed by atoms with E-state index in [1.165, 1.54) is 30.2 Å². The van der Waals surface area contributed by atoms with E-state index in [1.54, 1.807) is 30.7 Å². The Balaban J connectivity index is 0.673. The van der Waals surface area contributed by atoms with Crippen LogP contribution in [-0.2, 0) is 24.6 Å². The van der Waals surface area contributed by atoms with Gasteiger partial charge in [-0.15, -0.1) is 11.3 Å². The molecule has 3 aromatic carbocycles. The van der Waals surface area contributed by atoms with Crippen LogP contribution in [0.4, 0.5) is 21.6 Å². The standard InChI is InChI=1S/C74H98FN13O7S/c1-43(2)78-69(92)55-37-59(57(75)32-45(55)5)81-68-65-60(76-41-87(65)44(3)4)38-58(80-68)51-19-20-56-61(33-51)88(53-34-52(35-53)84-26-12-11-13-27-84)72(95)74(56)24-30-85(31-25-74)64(91)21-14-48-22-28-83(29-23-48)40-63(90)82-67(73(8,9)10)71(94)86-39-54(89)36-62(86)70(93)79-46(6)49-15-17-50(18-16-49)66-47(7)77-42-96-66/h15-20,32-33,37-38,41-44,46,48,52-54,62,64,67,89,91H,11-14,21-31,34-36,39-40H2,1-10H3,(H,78,92)(H,79,93)(H,80,81)(H,82,90)/t46-,52?,53?,54+,62-,64?,67+/m0/s1. The molecule has 12 rings (SSSR count). The molecule has 4 saturated heterocycles. The van der Waals surface area contributed by atoms with Crippen molar-refractivity contribution < 1.29 is 38.6 Å². The van der Waals surface area contributed by atoms with Crippen molar-refractivity contribution in [3.63, 3.8) is 0 Å². The summed E-state index contributed by atoms with van der Waals surface area (Å²) in [6, 6.07) is 17.3. The average Bonchev–Trinajstić information content (AvgIpc) is 1.55. The van der Waals surface area contributed by atoms with Gasteiger partial charge in [0, 0.05) is 67.0 Å². The van der Waals surface area contributed by atoms with Crippen LogP contribution in [0, 0.1) is 31.0 Å². The number of benzene rings is 3. The van der Waals surface area contributed by atoms with Gasteiger partial charge < -0.3 is 50.7 Å². The molecule has 1 saturated carbocycles. The summed E-state index contributed by atoms with van der Waals surface area (Å²) in [6.45, 7) is 24.0. The highest BCUT2D eigenvalue weighted by atomic mass is 32.1. The van der Waals surface area contributed by atoms with Crippen molar-refractivity contribution >= 4 is 69.1 Å². The molecule has 6 aliphatic rings. The van der Waals surface area contributed by atoms with Crippen molar-refractivity contribution in [1.29, 1.82) is 0 Å². The van der Waals surface area contributed by atoms with E-state index in [0.29, 0.717) is 91.1 Å².